The van der Waals surface area contributed by atoms with Crippen LogP contribution in [0, 0.1) is 0 Å². The van der Waals surface area contributed by atoms with E-state index in [-0.39, 0.29) is 0 Å². The van der Waals surface area contributed by atoms with Gasteiger partial charge in [-0.25, -0.2) is 4.79 Å². The third-order valence-electron chi connectivity index (χ3n) is 2.05. The maximum Gasteiger partial charge on any atom is 0.430 e. The third kappa shape index (κ3) is 2.77. The van der Waals surface area contributed by atoms with Gasteiger partial charge in [0, 0.05) is 0 Å². The molecule has 0 rings (SSSR count). The van der Waals surface area contributed by atoms with Crippen molar-refractivity contribution in [2.24, 2.45) is 0 Å². The molecule has 0 unspecified atom stereocenters. The van der Waals surface area contributed by atoms with Gasteiger partial charge in [0.05, 0.1) is 0 Å². The summed E-state index contributed by atoms with van der Waals surface area (Å²) in [6, 6.07) is 0. The molecule has 0 aromatic carbocycles. The Morgan fingerprint density at radius 2 is 1.14 bits per heavy atom. The van der Waals surface area contributed by atoms with Crippen molar-refractivity contribution < 1.29 is 67.3 Å². The normalized spacial score (nSPS) is 15.3. The molecule has 0 saturated carbocycles. The van der Waals surface area contributed by atoms with Crippen LogP contribution < -0.4 is 0 Å². The zero-order chi connectivity index (χ0) is 18.4. The van der Waals surface area contributed by atoms with E-state index in [2.05, 4.69) is 0 Å². The highest BCUT2D eigenvalue weighted by molar-refractivity contribution is 5.77. The number of rotatable bonds is 7. The summed E-state index contributed by atoms with van der Waals surface area (Å²) in [5.41, 5.74) is 0. The second-order valence-corrected chi connectivity index (χ2v) is 3.50. The molecule has 15 heteroatoms. The smallest absolute Gasteiger partial charge is 0.430 e. The highest BCUT2D eigenvalue weighted by Crippen LogP contribution is 2.57. The van der Waals surface area contributed by atoms with Crippen molar-refractivity contribution in [3.8, 4) is 0 Å². The zero-order valence-corrected chi connectivity index (χ0v) is 9.38. The van der Waals surface area contributed by atoms with E-state index in [1.165, 1.54) is 0 Å². The monoisotopic (exact) mass is 362 g/mol. The topological polar surface area (TPSA) is 46.5 Å². The van der Waals surface area contributed by atoms with Gasteiger partial charge in [-0.1, -0.05) is 0 Å². The van der Waals surface area contributed by atoms with E-state index in [9.17, 15) is 57.5 Å². The Morgan fingerprint density at radius 1 is 0.773 bits per heavy atom. The van der Waals surface area contributed by atoms with Gasteiger partial charge in [-0.05, 0) is 0 Å². The lowest BCUT2D eigenvalue weighted by Gasteiger charge is -2.37. The van der Waals surface area contributed by atoms with Crippen LogP contribution in [0.4, 0.5) is 52.7 Å². The fourth-order valence-electron chi connectivity index (χ4n) is 0.897. The molecule has 0 aliphatic carbocycles. The van der Waals surface area contributed by atoms with E-state index in [1.807, 2.05) is 0 Å². The first-order valence-corrected chi connectivity index (χ1v) is 4.44. The number of carboxylic acid groups (broad SMARTS) is 1. The van der Waals surface area contributed by atoms with Crippen molar-refractivity contribution in [2.75, 3.05) is 0 Å². The maximum absolute atomic E-state index is 12.7. The minimum Gasteiger partial charge on any atom is -0.477 e. The summed E-state index contributed by atoms with van der Waals surface area (Å²) in [6.07, 6.45) is -7.03. The van der Waals surface area contributed by atoms with E-state index >= 15 is 0 Å². The summed E-state index contributed by atoms with van der Waals surface area (Å²) >= 11 is 0. The fraction of sp³-hybridized carbons (Fsp3) is 0.857. The van der Waals surface area contributed by atoms with Gasteiger partial charge >= 0.3 is 42.4 Å². The standard InChI is InChI=1S/C7H2F12O3/c8-2(9)22-7(18,19)6(16,17)5(14,15)4(12,13)3(10,11)1(20)21/h2H,(H,20,21). The number of aliphatic carboxylic acids is 1. The Hall–Kier alpha value is -1.41. The molecule has 132 valence electrons. The van der Waals surface area contributed by atoms with E-state index in [0.717, 1.165) is 0 Å². The van der Waals surface area contributed by atoms with Gasteiger partial charge in [0.25, 0.3) is 0 Å². The number of halogens is 12. The second-order valence-electron chi connectivity index (χ2n) is 3.50. The largest absolute Gasteiger partial charge is 0.477 e. The molecule has 22 heavy (non-hydrogen) atoms. The second kappa shape index (κ2) is 5.34. The number of carbonyl (C=O) groups is 1. The highest BCUT2D eigenvalue weighted by atomic mass is 19.4. The van der Waals surface area contributed by atoms with Crippen LogP contribution in [-0.4, -0.2) is 47.5 Å². The molecule has 0 amide bonds. The molecule has 3 nitrogen and oxygen atoms in total. The average molecular weight is 362 g/mol. The number of alkyl halides is 12. The Bertz CT molecular complexity index is 430. The summed E-state index contributed by atoms with van der Waals surface area (Å²) in [6.45, 7) is -4.87. The summed E-state index contributed by atoms with van der Waals surface area (Å²) in [5.74, 6) is -33.9. The van der Waals surface area contributed by atoms with Crippen molar-refractivity contribution >= 4 is 5.97 Å². The first kappa shape index (κ1) is 20.6. The molecule has 0 fully saturated rings. The van der Waals surface area contributed by atoms with E-state index < -0.39 is 42.4 Å². The SMILES string of the molecule is O=C(O)C(F)(F)C(F)(F)C(F)(F)C(F)(F)C(F)(F)OC(F)F. The van der Waals surface area contributed by atoms with Crippen LogP contribution in [0.25, 0.3) is 0 Å². The molecule has 0 atom stereocenters. The quantitative estimate of drug-likeness (QED) is 0.706. The Morgan fingerprint density at radius 3 is 1.41 bits per heavy atom. The molecule has 0 radical (unpaired) electrons. The molecule has 0 heterocycles. The highest BCUT2D eigenvalue weighted by Gasteiger charge is 2.89. The molecule has 0 saturated heterocycles. The van der Waals surface area contributed by atoms with Crippen molar-refractivity contribution in [3.63, 3.8) is 0 Å². The summed E-state index contributed by atoms with van der Waals surface area (Å²) in [5, 5.41) is 7.61. The van der Waals surface area contributed by atoms with E-state index in [4.69, 9.17) is 5.11 Å². The van der Waals surface area contributed by atoms with Crippen molar-refractivity contribution in [2.45, 2.75) is 36.4 Å². The molecule has 0 aliphatic heterocycles. The van der Waals surface area contributed by atoms with Gasteiger partial charge in [-0.15, -0.1) is 0 Å². The molecule has 0 spiro atoms. The summed E-state index contributed by atoms with van der Waals surface area (Å²) in [7, 11) is 0. The van der Waals surface area contributed by atoms with Crippen LogP contribution in [-0.2, 0) is 9.53 Å². The van der Waals surface area contributed by atoms with Crippen LogP contribution in [0.1, 0.15) is 0 Å². The predicted octanol–water partition coefficient (Wildman–Crippen LogP) is 3.44. The van der Waals surface area contributed by atoms with Gasteiger partial charge in [-0.2, -0.15) is 52.7 Å². The molecule has 0 bridgehead atoms. The van der Waals surface area contributed by atoms with E-state index in [1.54, 1.807) is 4.74 Å². The van der Waals surface area contributed by atoms with Crippen molar-refractivity contribution in [1.29, 1.82) is 0 Å². The third-order valence-corrected chi connectivity index (χ3v) is 2.05. The van der Waals surface area contributed by atoms with Gasteiger partial charge in [0.1, 0.15) is 0 Å². The molecular formula is C7H2F12O3. The van der Waals surface area contributed by atoms with E-state index in [0.29, 0.717) is 0 Å². The van der Waals surface area contributed by atoms with Crippen LogP contribution in [0.2, 0.25) is 0 Å². The molecule has 1 N–H and O–H groups in total. The minimum absolute atomic E-state index is 1.73. The fourth-order valence-corrected chi connectivity index (χ4v) is 0.897. The van der Waals surface area contributed by atoms with Crippen molar-refractivity contribution in [1.82, 2.24) is 0 Å². The predicted molar refractivity (Wildman–Crippen MR) is 39.5 cm³/mol. The minimum atomic E-state index is -7.78. The summed E-state index contributed by atoms with van der Waals surface area (Å²) < 4.78 is 150. The Balaban J connectivity index is 6.05. The maximum atomic E-state index is 12.7. The molecular weight excluding hydrogens is 360 g/mol. The zero-order valence-electron chi connectivity index (χ0n) is 9.38. The Labute approximate surface area is 111 Å². The van der Waals surface area contributed by atoms with Crippen LogP contribution in [0.3, 0.4) is 0 Å². The lowest BCUT2D eigenvalue weighted by molar-refractivity contribution is -0.461. The molecule has 0 aliphatic rings. The molecule has 0 aromatic heterocycles. The van der Waals surface area contributed by atoms with Gasteiger partial charge in [0.15, 0.2) is 0 Å². The van der Waals surface area contributed by atoms with Gasteiger partial charge in [0.2, 0.25) is 0 Å². The number of hydrogen-bond acceptors (Lipinski definition) is 2. The van der Waals surface area contributed by atoms with Gasteiger partial charge in [-0.3, -0.25) is 4.74 Å². The first-order chi connectivity index (χ1) is 9.36. The number of carboxylic acids is 1. The number of hydrogen-bond donors (Lipinski definition) is 1. The Kier molecular flexibility index (Phi) is 5.00. The lowest BCUT2D eigenvalue weighted by atomic mass is 9.98. The van der Waals surface area contributed by atoms with Crippen LogP contribution in [0.5, 0.6) is 0 Å². The van der Waals surface area contributed by atoms with Crippen LogP contribution in [0.15, 0.2) is 0 Å². The van der Waals surface area contributed by atoms with Gasteiger partial charge < -0.3 is 5.11 Å². The lowest BCUT2D eigenvalue weighted by Crippen LogP contribution is -2.69. The van der Waals surface area contributed by atoms with Crippen molar-refractivity contribution in [3.05, 3.63) is 0 Å². The average Bonchev–Trinajstić information content (AvgIpc) is 2.25. The number of ether oxygens (including phenoxy) is 1. The summed E-state index contributed by atoms with van der Waals surface area (Å²) in [4.78, 5) is 9.72. The van der Waals surface area contributed by atoms with Crippen LogP contribution >= 0.6 is 0 Å². The molecule has 0 aromatic rings. The first-order valence-electron chi connectivity index (χ1n) is 4.44.